The number of carbonyl (C=O) groups is 1. The summed E-state index contributed by atoms with van der Waals surface area (Å²) < 4.78 is 10.9. The van der Waals surface area contributed by atoms with Gasteiger partial charge in [0.15, 0.2) is 11.5 Å². The van der Waals surface area contributed by atoms with E-state index in [1.165, 1.54) is 0 Å². The van der Waals surface area contributed by atoms with E-state index >= 15 is 0 Å². The Hall–Kier alpha value is -1.79. The zero-order valence-electron chi connectivity index (χ0n) is 14.8. The van der Waals surface area contributed by atoms with Crippen molar-refractivity contribution >= 4 is 5.91 Å². The second-order valence-electron chi connectivity index (χ2n) is 6.72. The molecule has 134 valence electrons. The number of hydrogen-bond acceptors (Lipinski definition) is 5. The van der Waals surface area contributed by atoms with E-state index in [0.717, 1.165) is 13.1 Å². The van der Waals surface area contributed by atoms with E-state index in [2.05, 4.69) is 4.90 Å². The molecule has 0 saturated carbocycles. The molecule has 2 rings (SSSR count). The van der Waals surface area contributed by atoms with Gasteiger partial charge in [-0.3, -0.25) is 9.69 Å². The Labute approximate surface area is 144 Å². The van der Waals surface area contributed by atoms with Gasteiger partial charge in [-0.25, -0.2) is 0 Å². The number of amides is 1. The maximum Gasteiger partial charge on any atom is 0.226 e. The van der Waals surface area contributed by atoms with E-state index in [4.69, 9.17) is 9.47 Å². The van der Waals surface area contributed by atoms with Gasteiger partial charge >= 0.3 is 0 Å². The van der Waals surface area contributed by atoms with E-state index < -0.39 is 5.60 Å². The molecule has 6 heteroatoms. The Morgan fingerprint density at radius 3 is 2.38 bits per heavy atom. The minimum atomic E-state index is -0.700. The summed E-state index contributed by atoms with van der Waals surface area (Å²) >= 11 is 0. The second kappa shape index (κ2) is 8.35. The summed E-state index contributed by atoms with van der Waals surface area (Å²) in [6.45, 7) is 7.56. The smallest absolute Gasteiger partial charge is 0.226 e. The molecule has 1 aliphatic heterocycles. The molecule has 0 aromatic heterocycles. The molecule has 1 saturated heterocycles. The monoisotopic (exact) mass is 336 g/mol. The van der Waals surface area contributed by atoms with Crippen molar-refractivity contribution in [2.75, 3.05) is 46.4 Å². The summed E-state index contributed by atoms with van der Waals surface area (Å²) in [5.41, 5.74) is -0.700. The fourth-order valence-electron chi connectivity index (χ4n) is 2.85. The summed E-state index contributed by atoms with van der Waals surface area (Å²) in [6.07, 6.45) is 0.351. The average Bonchev–Trinajstić information content (AvgIpc) is 2.54. The van der Waals surface area contributed by atoms with Crippen LogP contribution in [0.25, 0.3) is 0 Å². The lowest BCUT2D eigenvalue weighted by Crippen LogP contribution is -2.52. The quantitative estimate of drug-likeness (QED) is 0.815. The summed E-state index contributed by atoms with van der Waals surface area (Å²) in [5.74, 6) is 1.43. The molecule has 1 amide bonds. The number of ether oxygens (including phenoxy) is 2. The van der Waals surface area contributed by atoms with Gasteiger partial charge in [0.1, 0.15) is 0 Å². The Bertz CT molecular complexity index is 534. The van der Waals surface area contributed by atoms with E-state index in [9.17, 15) is 9.90 Å². The highest BCUT2D eigenvalue weighted by atomic mass is 16.5. The number of β-amino-alcohol motifs (C(OH)–C–C–N with tert-alkyl or cyclic N) is 1. The third kappa shape index (κ3) is 5.69. The molecule has 0 atom stereocenters. The molecule has 1 N–H and O–H groups in total. The van der Waals surface area contributed by atoms with E-state index in [1.807, 2.05) is 29.2 Å². The lowest BCUT2D eigenvalue weighted by Gasteiger charge is -2.37. The number of benzene rings is 1. The van der Waals surface area contributed by atoms with Gasteiger partial charge < -0.3 is 19.5 Å². The normalized spacial score (nSPS) is 16.1. The Balaban J connectivity index is 1.72. The van der Waals surface area contributed by atoms with Crippen LogP contribution >= 0.6 is 0 Å². The standard InChI is InChI=1S/C18H28N2O4/c1-18(2,22)14-19-9-11-20(12-10-19)17(21)8-13-24-16-7-5-4-6-15(16)23-3/h4-7,22H,8-14H2,1-3H3. The number of aliphatic hydroxyl groups is 1. The molecule has 0 bridgehead atoms. The molecular formula is C18H28N2O4. The van der Waals surface area contributed by atoms with Crippen molar-refractivity contribution in [3.8, 4) is 11.5 Å². The second-order valence-corrected chi connectivity index (χ2v) is 6.72. The number of para-hydroxylation sites is 2. The van der Waals surface area contributed by atoms with Crippen molar-refractivity contribution in [3.63, 3.8) is 0 Å². The van der Waals surface area contributed by atoms with Gasteiger partial charge in [-0.1, -0.05) is 12.1 Å². The lowest BCUT2D eigenvalue weighted by atomic mass is 10.1. The lowest BCUT2D eigenvalue weighted by molar-refractivity contribution is -0.133. The molecule has 1 heterocycles. The van der Waals surface area contributed by atoms with Crippen molar-refractivity contribution in [2.45, 2.75) is 25.9 Å². The van der Waals surface area contributed by atoms with Gasteiger partial charge in [0.25, 0.3) is 0 Å². The maximum absolute atomic E-state index is 12.3. The average molecular weight is 336 g/mol. The number of piperazine rings is 1. The Morgan fingerprint density at radius 1 is 1.17 bits per heavy atom. The Morgan fingerprint density at radius 2 is 1.79 bits per heavy atom. The molecule has 1 aromatic rings. The van der Waals surface area contributed by atoms with Crippen LogP contribution in [0, 0.1) is 0 Å². The van der Waals surface area contributed by atoms with Crippen LogP contribution in [-0.4, -0.2) is 72.9 Å². The third-order valence-electron chi connectivity index (χ3n) is 3.98. The van der Waals surface area contributed by atoms with E-state index in [-0.39, 0.29) is 5.91 Å². The number of nitrogens with zero attached hydrogens (tertiary/aromatic N) is 2. The van der Waals surface area contributed by atoms with Gasteiger partial charge in [-0.05, 0) is 26.0 Å². The van der Waals surface area contributed by atoms with Gasteiger partial charge in [-0.2, -0.15) is 0 Å². The highest BCUT2D eigenvalue weighted by Crippen LogP contribution is 2.25. The SMILES string of the molecule is COc1ccccc1OCCC(=O)N1CCN(CC(C)(C)O)CC1. The minimum absolute atomic E-state index is 0.104. The fraction of sp³-hybridized carbons (Fsp3) is 0.611. The van der Waals surface area contributed by atoms with Crippen LogP contribution in [0.2, 0.25) is 0 Å². The topological polar surface area (TPSA) is 62.2 Å². The molecule has 0 unspecified atom stereocenters. The number of rotatable bonds is 7. The molecule has 1 aromatic carbocycles. The van der Waals surface area contributed by atoms with Crippen LogP contribution in [-0.2, 0) is 4.79 Å². The summed E-state index contributed by atoms with van der Waals surface area (Å²) in [5, 5.41) is 9.86. The molecule has 0 aliphatic carbocycles. The zero-order chi connectivity index (χ0) is 17.6. The van der Waals surface area contributed by atoms with Crippen molar-refractivity contribution in [3.05, 3.63) is 24.3 Å². The van der Waals surface area contributed by atoms with Gasteiger partial charge in [-0.15, -0.1) is 0 Å². The van der Waals surface area contributed by atoms with Crippen molar-refractivity contribution in [1.82, 2.24) is 9.80 Å². The van der Waals surface area contributed by atoms with Gasteiger partial charge in [0, 0.05) is 32.7 Å². The number of methoxy groups -OCH3 is 1. The first kappa shape index (κ1) is 18.5. The fourth-order valence-corrected chi connectivity index (χ4v) is 2.85. The van der Waals surface area contributed by atoms with Crippen LogP contribution in [0.3, 0.4) is 0 Å². The maximum atomic E-state index is 12.3. The van der Waals surface area contributed by atoms with Gasteiger partial charge in [0.05, 0.1) is 25.7 Å². The first-order chi connectivity index (χ1) is 11.4. The molecule has 6 nitrogen and oxygen atoms in total. The van der Waals surface area contributed by atoms with Crippen molar-refractivity contribution < 1.29 is 19.4 Å². The molecule has 24 heavy (non-hydrogen) atoms. The van der Waals surface area contributed by atoms with Crippen molar-refractivity contribution in [1.29, 1.82) is 0 Å². The summed E-state index contributed by atoms with van der Waals surface area (Å²) in [4.78, 5) is 16.3. The van der Waals surface area contributed by atoms with Crippen molar-refractivity contribution in [2.24, 2.45) is 0 Å². The van der Waals surface area contributed by atoms with Crippen LogP contribution in [0.5, 0.6) is 11.5 Å². The molecule has 1 aliphatic rings. The molecular weight excluding hydrogens is 308 g/mol. The highest BCUT2D eigenvalue weighted by Gasteiger charge is 2.24. The first-order valence-electron chi connectivity index (χ1n) is 8.37. The molecule has 0 spiro atoms. The van der Waals surface area contributed by atoms with E-state index in [0.29, 0.717) is 44.2 Å². The number of carbonyl (C=O) groups excluding carboxylic acids is 1. The zero-order valence-corrected chi connectivity index (χ0v) is 14.8. The number of hydrogen-bond donors (Lipinski definition) is 1. The largest absolute Gasteiger partial charge is 0.493 e. The summed E-state index contributed by atoms with van der Waals surface area (Å²) in [7, 11) is 1.60. The van der Waals surface area contributed by atoms with Crippen LogP contribution in [0.15, 0.2) is 24.3 Å². The Kier molecular flexibility index (Phi) is 6.45. The highest BCUT2D eigenvalue weighted by molar-refractivity contribution is 5.76. The first-order valence-corrected chi connectivity index (χ1v) is 8.37. The summed E-state index contributed by atoms with van der Waals surface area (Å²) in [6, 6.07) is 7.42. The predicted molar refractivity (Wildman–Crippen MR) is 92.4 cm³/mol. The van der Waals surface area contributed by atoms with Crippen LogP contribution in [0.1, 0.15) is 20.3 Å². The van der Waals surface area contributed by atoms with Gasteiger partial charge in [0.2, 0.25) is 5.91 Å². The van der Waals surface area contributed by atoms with E-state index in [1.54, 1.807) is 21.0 Å². The minimum Gasteiger partial charge on any atom is -0.493 e. The van der Waals surface area contributed by atoms with Crippen LogP contribution < -0.4 is 9.47 Å². The molecule has 0 radical (unpaired) electrons. The van der Waals surface area contributed by atoms with Crippen LogP contribution in [0.4, 0.5) is 0 Å². The predicted octanol–water partition coefficient (Wildman–Crippen LogP) is 1.38. The molecule has 1 fully saturated rings. The third-order valence-corrected chi connectivity index (χ3v) is 3.98.